The van der Waals surface area contributed by atoms with Crippen LogP contribution in [0.4, 0.5) is 0 Å². The van der Waals surface area contributed by atoms with Crippen molar-refractivity contribution in [2.75, 3.05) is 0 Å². The molecule has 3 aromatic rings. The van der Waals surface area contributed by atoms with E-state index in [0.717, 1.165) is 16.9 Å². The van der Waals surface area contributed by atoms with Crippen LogP contribution in [0.25, 0.3) is 22.4 Å². The van der Waals surface area contributed by atoms with Crippen LogP contribution < -0.4 is 0 Å². The van der Waals surface area contributed by atoms with Gasteiger partial charge in [-0.2, -0.15) is 0 Å². The number of imidazole rings is 1. The van der Waals surface area contributed by atoms with Gasteiger partial charge in [0.2, 0.25) is 0 Å². The number of nitrogens with one attached hydrogen (secondary N) is 1. The van der Waals surface area contributed by atoms with Gasteiger partial charge in [0.15, 0.2) is 0 Å². The summed E-state index contributed by atoms with van der Waals surface area (Å²) in [5.41, 5.74) is 7.26. The van der Waals surface area contributed by atoms with Gasteiger partial charge in [-0.3, -0.25) is 0 Å². The molecule has 1 N–H and O–H groups in total. The van der Waals surface area contributed by atoms with Crippen LogP contribution in [0, 0.1) is 20.8 Å². The van der Waals surface area contributed by atoms with Gasteiger partial charge in [0.05, 0.1) is 11.0 Å². The third-order valence-electron chi connectivity index (χ3n) is 3.70. The molecule has 0 fully saturated rings. The van der Waals surface area contributed by atoms with E-state index in [4.69, 9.17) is 0 Å². The first-order valence-electron chi connectivity index (χ1n) is 6.19. The fourth-order valence-electron chi connectivity index (χ4n) is 2.29. The van der Waals surface area contributed by atoms with Crippen LogP contribution in [-0.2, 0) is 0 Å². The molecule has 2 nitrogen and oxygen atoms in total. The van der Waals surface area contributed by atoms with E-state index in [0.29, 0.717) is 0 Å². The van der Waals surface area contributed by atoms with Gasteiger partial charge in [0, 0.05) is 5.56 Å². The zero-order chi connectivity index (χ0) is 12.7. The number of rotatable bonds is 1. The standard InChI is InChI=1S/C16H16N2/c1-10-8-9-13(12(3)11(10)2)16-17-14-6-4-5-7-15(14)18-16/h4-9H,1-3H3,(H,17,18). The number of aryl methyl sites for hydroxylation is 1. The Labute approximate surface area is 107 Å². The maximum atomic E-state index is 4.66. The summed E-state index contributed by atoms with van der Waals surface area (Å²) >= 11 is 0. The lowest BCUT2D eigenvalue weighted by Gasteiger charge is -2.08. The maximum Gasteiger partial charge on any atom is 0.138 e. The highest BCUT2D eigenvalue weighted by atomic mass is 14.9. The molecule has 0 bridgehead atoms. The average molecular weight is 236 g/mol. The first kappa shape index (κ1) is 11.0. The Balaban J connectivity index is 2.23. The Morgan fingerprint density at radius 2 is 1.67 bits per heavy atom. The summed E-state index contributed by atoms with van der Waals surface area (Å²) in [5.74, 6) is 0.955. The number of hydrogen-bond acceptors (Lipinski definition) is 1. The minimum atomic E-state index is 0.955. The van der Waals surface area contributed by atoms with E-state index in [1.54, 1.807) is 0 Å². The minimum absolute atomic E-state index is 0.955. The molecule has 90 valence electrons. The second-order valence-electron chi connectivity index (χ2n) is 4.78. The molecule has 0 radical (unpaired) electrons. The topological polar surface area (TPSA) is 28.7 Å². The SMILES string of the molecule is Cc1ccc(-c2nc3ccccc3[nH]2)c(C)c1C. The van der Waals surface area contributed by atoms with E-state index in [9.17, 15) is 0 Å². The van der Waals surface area contributed by atoms with Crippen molar-refractivity contribution in [3.63, 3.8) is 0 Å². The van der Waals surface area contributed by atoms with Crippen molar-refractivity contribution in [2.24, 2.45) is 0 Å². The summed E-state index contributed by atoms with van der Waals surface area (Å²) in [6.07, 6.45) is 0. The molecule has 0 saturated heterocycles. The number of nitrogens with zero attached hydrogens (tertiary/aromatic N) is 1. The number of H-pyrrole nitrogens is 1. The molecule has 1 aromatic heterocycles. The number of para-hydroxylation sites is 2. The summed E-state index contributed by atoms with van der Waals surface area (Å²) < 4.78 is 0. The van der Waals surface area contributed by atoms with Gasteiger partial charge in [0.1, 0.15) is 5.82 Å². The smallest absolute Gasteiger partial charge is 0.138 e. The lowest BCUT2D eigenvalue weighted by Crippen LogP contribution is -1.91. The normalized spacial score (nSPS) is 11.1. The van der Waals surface area contributed by atoms with Gasteiger partial charge in [-0.1, -0.05) is 24.3 Å². The van der Waals surface area contributed by atoms with Crippen LogP contribution in [0.1, 0.15) is 16.7 Å². The van der Waals surface area contributed by atoms with Crippen molar-refractivity contribution in [1.29, 1.82) is 0 Å². The maximum absolute atomic E-state index is 4.66. The van der Waals surface area contributed by atoms with E-state index in [1.165, 1.54) is 22.3 Å². The predicted molar refractivity (Wildman–Crippen MR) is 75.7 cm³/mol. The van der Waals surface area contributed by atoms with Crippen molar-refractivity contribution in [3.8, 4) is 11.4 Å². The molecule has 0 amide bonds. The zero-order valence-corrected chi connectivity index (χ0v) is 10.9. The fraction of sp³-hybridized carbons (Fsp3) is 0.188. The number of aromatic amines is 1. The molecule has 1 heterocycles. The molecule has 2 aromatic carbocycles. The molecule has 0 saturated carbocycles. The number of hydrogen-bond donors (Lipinski definition) is 1. The van der Waals surface area contributed by atoms with Crippen LogP contribution >= 0.6 is 0 Å². The Bertz CT molecular complexity index is 690. The summed E-state index contributed by atoms with van der Waals surface area (Å²) in [6.45, 7) is 6.46. The summed E-state index contributed by atoms with van der Waals surface area (Å²) in [7, 11) is 0. The summed E-state index contributed by atoms with van der Waals surface area (Å²) in [4.78, 5) is 8.05. The van der Waals surface area contributed by atoms with Gasteiger partial charge in [0.25, 0.3) is 0 Å². The van der Waals surface area contributed by atoms with Gasteiger partial charge < -0.3 is 4.98 Å². The van der Waals surface area contributed by atoms with Gasteiger partial charge >= 0.3 is 0 Å². The zero-order valence-electron chi connectivity index (χ0n) is 10.9. The van der Waals surface area contributed by atoms with Crippen LogP contribution in [0.3, 0.4) is 0 Å². The highest BCUT2D eigenvalue weighted by Gasteiger charge is 2.09. The minimum Gasteiger partial charge on any atom is -0.338 e. The van der Waals surface area contributed by atoms with Crippen molar-refractivity contribution in [2.45, 2.75) is 20.8 Å². The lowest BCUT2D eigenvalue weighted by molar-refractivity contribution is 1.23. The molecule has 0 atom stereocenters. The third-order valence-corrected chi connectivity index (χ3v) is 3.70. The average Bonchev–Trinajstić information content (AvgIpc) is 2.79. The molecule has 0 aliphatic rings. The Hall–Kier alpha value is -2.09. The van der Waals surface area contributed by atoms with Crippen LogP contribution in [-0.4, -0.2) is 9.97 Å². The van der Waals surface area contributed by atoms with Crippen LogP contribution in [0.5, 0.6) is 0 Å². The second-order valence-corrected chi connectivity index (χ2v) is 4.78. The summed E-state index contributed by atoms with van der Waals surface area (Å²) in [5, 5.41) is 0. The van der Waals surface area contributed by atoms with Crippen molar-refractivity contribution in [3.05, 3.63) is 53.1 Å². The molecule has 18 heavy (non-hydrogen) atoms. The Morgan fingerprint density at radius 3 is 2.44 bits per heavy atom. The Morgan fingerprint density at radius 1 is 0.889 bits per heavy atom. The Kier molecular flexibility index (Phi) is 2.44. The van der Waals surface area contributed by atoms with E-state index >= 15 is 0 Å². The highest BCUT2D eigenvalue weighted by Crippen LogP contribution is 2.26. The third kappa shape index (κ3) is 1.61. The first-order valence-corrected chi connectivity index (χ1v) is 6.19. The van der Waals surface area contributed by atoms with Crippen molar-refractivity contribution < 1.29 is 0 Å². The van der Waals surface area contributed by atoms with E-state index < -0.39 is 0 Å². The molecule has 0 aliphatic carbocycles. The second kappa shape index (κ2) is 3.98. The number of fused-ring (bicyclic) bond motifs is 1. The van der Waals surface area contributed by atoms with E-state index in [2.05, 4.69) is 48.9 Å². The van der Waals surface area contributed by atoms with Crippen molar-refractivity contribution >= 4 is 11.0 Å². The monoisotopic (exact) mass is 236 g/mol. The fourth-order valence-corrected chi connectivity index (χ4v) is 2.29. The van der Waals surface area contributed by atoms with Gasteiger partial charge in [-0.05, 0) is 49.6 Å². The molecule has 2 heteroatoms. The van der Waals surface area contributed by atoms with E-state index in [1.807, 2.05) is 18.2 Å². The molecular weight excluding hydrogens is 220 g/mol. The highest BCUT2D eigenvalue weighted by molar-refractivity contribution is 5.80. The lowest BCUT2D eigenvalue weighted by atomic mass is 9.98. The molecular formula is C16H16N2. The summed E-state index contributed by atoms with van der Waals surface area (Å²) in [6, 6.07) is 12.4. The van der Waals surface area contributed by atoms with Crippen LogP contribution in [0.15, 0.2) is 36.4 Å². The van der Waals surface area contributed by atoms with Gasteiger partial charge in [-0.25, -0.2) is 4.98 Å². The molecule has 0 unspecified atom stereocenters. The van der Waals surface area contributed by atoms with E-state index in [-0.39, 0.29) is 0 Å². The molecule has 3 rings (SSSR count). The first-order chi connectivity index (χ1) is 8.66. The predicted octanol–water partition coefficient (Wildman–Crippen LogP) is 4.16. The molecule has 0 spiro atoms. The van der Waals surface area contributed by atoms with Gasteiger partial charge in [-0.15, -0.1) is 0 Å². The largest absolute Gasteiger partial charge is 0.338 e. The van der Waals surface area contributed by atoms with Crippen molar-refractivity contribution in [1.82, 2.24) is 9.97 Å². The molecule has 0 aliphatic heterocycles. The number of benzene rings is 2. The van der Waals surface area contributed by atoms with Crippen LogP contribution in [0.2, 0.25) is 0 Å². The quantitative estimate of drug-likeness (QED) is 0.675. The number of aromatic nitrogens is 2.